The summed E-state index contributed by atoms with van der Waals surface area (Å²) in [6.45, 7) is 0.998. The van der Waals surface area contributed by atoms with E-state index in [2.05, 4.69) is 30.8 Å². The van der Waals surface area contributed by atoms with Gasteiger partial charge in [-0.2, -0.15) is 0 Å². The first kappa shape index (κ1) is 22.4. The van der Waals surface area contributed by atoms with E-state index in [1.165, 1.54) is 0 Å². The maximum Gasteiger partial charge on any atom is 0.251 e. The Hall–Kier alpha value is -3.82. The number of aliphatic hydroxyl groups is 1. The van der Waals surface area contributed by atoms with Crippen molar-refractivity contribution < 1.29 is 9.90 Å². The Morgan fingerprint density at radius 1 is 1.03 bits per heavy atom. The number of rotatable bonds is 9. The van der Waals surface area contributed by atoms with E-state index in [-0.39, 0.29) is 12.5 Å². The van der Waals surface area contributed by atoms with Crippen LogP contribution in [0.5, 0.6) is 0 Å². The summed E-state index contributed by atoms with van der Waals surface area (Å²) in [6.07, 6.45) is 6.55. The first-order valence-electron chi connectivity index (χ1n) is 10.3. The molecule has 0 atom stereocenters. The van der Waals surface area contributed by atoms with Crippen LogP contribution in [0.3, 0.4) is 0 Å². The molecule has 0 saturated heterocycles. The second-order valence-electron chi connectivity index (χ2n) is 7.14. The largest absolute Gasteiger partial charge is 0.395 e. The lowest BCUT2D eigenvalue weighted by Crippen LogP contribution is -2.23. The number of halogens is 1. The van der Waals surface area contributed by atoms with Crippen molar-refractivity contribution >= 4 is 23.2 Å². The summed E-state index contributed by atoms with van der Waals surface area (Å²) in [5, 5.41) is 24.7. The van der Waals surface area contributed by atoms with Gasteiger partial charge >= 0.3 is 0 Å². The fraction of sp³-hybridized carbons (Fsp3) is 0.174. The highest BCUT2D eigenvalue weighted by atomic mass is 35.5. The smallest absolute Gasteiger partial charge is 0.251 e. The fourth-order valence-corrected chi connectivity index (χ4v) is 3.48. The van der Waals surface area contributed by atoms with Crippen molar-refractivity contribution in [3.05, 3.63) is 89.2 Å². The van der Waals surface area contributed by atoms with E-state index in [4.69, 9.17) is 11.6 Å². The Kier molecular flexibility index (Phi) is 7.23. The van der Waals surface area contributed by atoms with Gasteiger partial charge in [0.25, 0.3) is 5.91 Å². The number of pyridine rings is 2. The van der Waals surface area contributed by atoms with Gasteiger partial charge in [0.2, 0.25) is 0 Å². The minimum absolute atomic E-state index is 0.0414. The summed E-state index contributed by atoms with van der Waals surface area (Å²) < 4.78 is 1.86. The van der Waals surface area contributed by atoms with Crippen molar-refractivity contribution in [1.29, 1.82) is 0 Å². The van der Waals surface area contributed by atoms with Crippen molar-refractivity contribution in [3.63, 3.8) is 0 Å². The molecule has 3 heterocycles. The van der Waals surface area contributed by atoms with Gasteiger partial charge in [-0.15, -0.1) is 10.2 Å². The highest BCUT2D eigenvalue weighted by molar-refractivity contribution is 6.31. The number of anilines is 1. The number of nitrogens with zero attached hydrogens (tertiary/aromatic N) is 5. The second kappa shape index (κ2) is 10.7. The van der Waals surface area contributed by atoms with Gasteiger partial charge in [0.1, 0.15) is 0 Å². The maximum absolute atomic E-state index is 12.6. The third-order valence-corrected chi connectivity index (χ3v) is 5.30. The van der Waals surface area contributed by atoms with Gasteiger partial charge in [0.05, 0.1) is 18.2 Å². The lowest BCUT2D eigenvalue weighted by atomic mass is 10.1. The highest BCUT2D eigenvalue weighted by Gasteiger charge is 2.14. The average molecular weight is 464 g/mol. The number of amides is 1. The summed E-state index contributed by atoms with van der Waals surface area (Å²) >= 11 is 6.10. The van der Waals surface area contributed by atoms with Gasteiger partial charge in [-0.1, -0.05) is 17.7 Å². The summed E-state index contributed by atoms with van der Waals surface area (Å²) in [6, 6.07) is 12.6. The molecule has 4 rings (SSSR count). The van der Waals surface area contributed by atoms with Gasteiger partial charge in [0, 0.05) is 54.7 Å². The minimum Gasteiger partial charge on any atom is -0.395 e. The van der Waals surface area contributed by atoms with Crippen molar-refractivity contribution in [1.82, 2.24) is 30.0 Å². The quantitative estimate of drug-likeness (QED) is 0.349. The van der Waals surface area contributed by atoms with Gasteiger partial charge in [0.15, 0.2) is 11.6 Å². The summed E-state index contributed by atoms with van der Waals surface area (Å²) in [4.78, 5) is 20.6. The van der Waals surface area contributed by atoms with Crippen LogP contribution in [0.4, 0.5) is 5.69 Å². The number of carbonyl (C=O) groups excluding carboxylic acids is 1. The van der Waals surface area contributed by atoms with Crippen molar-refractivity contribution in [3.8, 4) is 11.4 Å². The standard InChI is InChI=1S/C23H22ClN7O2/c24-20-14-26-9-6-18(20)13-28-23(33)17-2-1-3-19(12-17)27-15-21-29-30-22(31(21)10-11-32)16-4-7-25-8-5-16/h1-9,12,14,27,32H,10-11,13,15H2,(H,28,33). The molecule has 0 aliphatic carbocycles. The van der Waals surface area contributed by atoms with E-state index in [9.17, 15) is 9.90 Å². The summed E-state index contributed by atoms with van der Waals surface area (Å²) in [5.74, 6) is 1.11. The predicted octanol–water partition coefficient (Wildman–Crippen LogP) is 2.92. The van der Waals surface area contributed by atoms with Crippen LogP contribution in [0.25, 0.3) is 11.4 Å². The molecule has 0 bridgehead atoms. The number of hydrogen-bond donors (Lipinski definition) is 3. The number of nitrogens with one attached hydrogen (secondary N) is 2. The van der Waals surface area contributed by atoms with E-state index >= 15 is 0 Å². The third-order valence-electron chi connectivity index (χ3n) is 4.96. The molecule has 168 valence electrons. The monoisotopic (exact) mass is 463 g/mol. The lowest BCUT2D eigenvalue weighted by Gasteiger charge is -2.11. The molecule has 0 spiro atoms. The lowest BCUT2D eigenvalue weighted by molar-refractivity contribution is 0.0951. The van der Waals surface area contributed by atoms with Crippen LogP contribution in [-0.4, -0.2) is 42.4 Å². The minimum atomic E-state index is -0.213. The predicted molar refractivity (Wildman–Crippen MR) is 125 cm³/mol. The number of hydrogen-bond acceptors (Lipinski definition) is 7. The topological polar surface area (TPSA) is 118 Å². The van der Waals surface area contributed by atoms with E-state index in [0.717, 1.165) is 16.8 Å². The first-order valence-corrected chi connectivity index (χ1v) is 10.7. The number of aliphatic hydroxyl groups excluding tert-OH is 1. The van der Waals surface area contributed by atoms with Gasteiger partial charge < -0.3 is 20.3 Å². The number of benzene rings is 1. The first-order chi connectivity index (χ1) is 16.2. The Bertz CT molecular complexity index is 1230. The van der Waals surface area contributed by atoms with Gasteiger partial charge in [-0.3, -0.25) is 14.8 Å². The molecule has 0 saturated carbocycles. The Labute approximate surface area is 195 Å². The summed E-state index contributed by atoms with van der Waals surface area (Å²) in [7, 11) is 0. The van der Waals surface area contributed by atoms with Crippen molar-refractivity contribution in [2.24, 2.45) is 0 Å². The summed E-state index contributed by atoms with van der Waals surface area (Å²) in [5.41, 5.74) is 2.93. The van der Waals surface area contributed by atoms with Crippen LogP contribution in [0.1, 0.15) is 21.7 Å². The van der Waals surface area contributed by atoms with Crippen molar-refractivity contribution in [2.75, 3.05) is 11.9 Å². The zero-order valence-corrected chi connectivity index (χ0v) is 18.4. The molecule has 0 unspecified atom stereocenters. The molecule has 0 fully saturated rings. The Balaban J connectivity index is 1.43. The molecule has 0 radical (unpaired) electrons. The van der Waals surface area contributed by atoms with Crippen LogP contribution in [0, 0.1) is 0 Å². The van der Waals surface area contributed by atoms with Crippen LogP contribution in [0.2, 0.25) is 5.02 Å². The highest BCUT2D eigenvalue weighted by Crippen LogP contribution is 2.19. The Morgan fingerprint density at radius 3 is 2.64 bits per heavy atom. The second-order valence-corrected chi connectivity index (χ2v) is 7.54. The fourth-order valence-electron chi connectivity index (χ4n) is 3.29. The molecule has 9 nitrogen and oxygen atoms in total. The van der Waals surface area contributed by atoms with Gasteiger partial charge in [-0.05, 0) is 42.0 Å². The molecule has 10 heteroatoms. The molecule has 0 aliphatic rings. The molecule has 33 heavy (non-hydrogen) atoms. The molecular weight excluding hydrogens is 442 g/mol. The third kappa shape index (κ3) is 5.51. The molecule has 1 amide bonds. The molecule has 3 aromatic heterocycles. The Morgan fingerprint density at radius 2 is 1.85 bits per heavy atom. The SMILES string of the molecule is O=C(NCc1ccncc1Cl)c1cccc(NCc2nnc(-c3ccncc3)n2CCO)c1. The molecule has 3 N–H and O–H groups in total. The van der Waals surface area contributed by atoms with E-state index in [1.807, 2.05) is 22.8 Å². The van der Waals surface area contributed by atoms with Crippen molar-refractivity contribution in [2.45, 2.75) is 19.6 Å². The molecule has 1 aromatic carbocycles. The average Bonchev–Trinajstić information content (AvgIpc) is 3.25. The van der Waals surface area contributed by atoms with Crippen LogP contribution in [-0.2, 0) is 19.6 Å². The van der Waals surface area contributed by atoms with Gasteiger partial charge in [-0.25, -0.2) is 0 Å². The normalized spacial score (nSPS) is 10.7. The number of aromatic nitrogens is 5. The number of carbonyl (C=O) groups is 1. The van der Waals surface area contributed by atoms with E-state index in [0.29, 0.717) is 41.9 Å². The molecule has 4 aromatic rings. The van der Waals surface area contributed by atoms with E-state index < -0.39 is 0 Å². The van der Waals surface area contributed by atoms with E-state index in [1.54, 1.807) is 49.1 Å². The van der Waals surface area contributed by atoms with Crippen LogP contribution in [0.15, 0.2) is 67.3 Å². The van der Waals surface area contributed by atoms with Crippen LogP contribution >= 0.6 is 11.6 Å². The zero-order valence-electron chi connectivity index (χ0n) is 17.6. The molecular formula is C23H22ClN7O2. The molecule has 0 aliphatic heterocycles. The maximum atomic E-state index is 12.6. The van der Waals surface area contributed by atoms with Crippen LogP contribution < -0.4 is 10.6 Å². The zero-order chi connectivity index (χ0) is 23.0.